The van der Waals surface area contributed by atoms with Gasteiger partial charge in [-0.15, -0.1) is 0 Å². The number of nitrogens with zero attached hydrogens (tertiary/aromatic N) is 2. The van der Waals surface area contributed by atoms with Gasteiger partial charge in [0.05, 0.1) is 0 Å². The molecule has 0 saturated heterocycles. The predicted molar refractivity (Wildman–Crippen MR) is 139 cm³/mol. The summed E-state index contributed by atoms with van der Waals surface area (Å²) in [6.07, 6.45) is 3.60. The van der Waals surface area contributed by atoms with Gasteiger partial charge in [-0.05, 0) is 81.4 Å². The molecule has 3 aliphatic heterocycles. The molecule has 0 aliphatic carbocycles. The molecule has 0 amide bonds. The van der Waals surface area contributed by atoms with Gasteiger partial charge in [0, 0.05) is 37.3 Å². The first-order valence-electron chi connectivity index (χ1n) is 12.1. The first-order valence-corrected chi connectivity index (χ1v) is 15.1. The van der Waals surface area contributed by atoms with Crippen LogP contribution in [0.4, 0.5) is 5.69 Å². The third-order valence-electron chi connectivity index (χ3n) is 8.22. The lowest BCUT2D eigenvalue weighted by Crippen LogP contribution is -2.64. The number of aryl methyl sites for hydroxylation is 2. The third-order valence-corrected chi connectivity index (χ3v) is 11.7. The molecule has 0 unspecified atom stereocenters. The number of hydrogen-bond donors (Lipinski definition) is 0. The zero-order valence-electron chi connectivity index (χ0n) is 20.0. The van der Waals surface area contributed by atoms with Crippen LogP contribution in [0.2, 0.25) is 13.1 Å². The SMILES string of the molecule is Cc1ccccc1C1=c2cc3c(cc2[Si](C)(C)c2cc4c(cc21)CCN4C)=[N+](C)CCC3. The Labute approximate surface area is 192 Å². The number of benzene rings is 3. The zero-order chi connectivity index (χ0) is 22.2. The zero-order valence-corrected chi connectivity index (χ0v) is 21.0. The Hall–Kier alpha value is -2.65. The molecule has 0 saturated carbocycles. The van der Waals surface area contributed by atoms with Gasteiger partial charge in [0.15, 0.2) is 0 Å². The molecule has 3 heterocycles. The Balaban J connectivity index is 1.81. The Morgan fingerprint density at radius 2 is 1.72 bits per heavy atom. The van der Waals surface area contributed by atoms with Crippen LogP contribution in [0.3, 0.4) is 0 Å². The molecule has 3 aromatic rings. The van der Waals surface area contributed by atoms with E-state index in [2.05, 4.69) is 92.1 Å². The molecule has 3 aromatic carbocycles. The molecule has 6 rings (SSSR count). The maximum absolute atomic E-state index is 2.58. The molecule has 162 valence electrons. The first-order chi connectivity index (χ1) is 15.4. The van der Waals surface area contributed by atoms with Gasteiger partial charge in [-0.25, -0.2) is 4.58 Å². The summed E-state index contributed by atoms with van der Waals surface area (Å²) in [6, 6.07) is 19.2. The number of likely N-dealkylation sites (N-methyl/N-ethyl adjacent to an activating group) is 1. The molecule has 0 N–H and O–H groups in total. The van der Waals surface area contributed by atoms with E-state index in [0.717, 1.165) is 19.5 Å². The first kappa shape index (κ1) is 20.0. The summed E-state index contributed by atoms with van der Waals surface area (Å²) < 4.78 is 2.48. The van der Waals surface area contributed by atoms with Gasteiger partial charge in [-0.3, -0.25) is 0 Å². The average molecular weight is 438 g/mol. The molecule has 0 atom stereocenters. The fourth-order valence-corrected chi connectivity index (χ4v) is 9.32. The molecular formula is C29H33N2Si+. The van der Waals surface area contributed by atoms with Crippen molar-refractivity contribution in [2.75, 3.05) is 32.1 Å². The summed E-state index contributed by atoms with van der Waals surface area (Å²) in [6.45, 7) is 9.70. The Morgan fingerprint density at radius 3 is 2.53 bits per heavy atom. The fraction of sp³-hybridized carbons (Fsp3) is 0.345. The minimum absolute atomic E-state index is 1.13. The van der Waals surface area contributed by atoms with Crippen molar-refractivity contribution in [3.05, 3.63) is 86.9 Å². The highest BCUT2D eigenvalue weighted by atomic mass is 28.3. The fourth-order valence-electron chi connectivity index (χ4n) is 6.29. The Bertz CT molecular complexity index is 1410. The lowest BCUT2D eigenvalue weighted by atomic mass is 9.89. The summed E-state index contributed by atoms with van der Waals surface area (Å²) in [5.74, 6) is 0. The molecule has 0 radical (unpaired) electrons. The molecule has 0 fully saturated rings. The van der Waals surface area contributed by atoms with Crippen molar-refractivity contribution in [3.63, 3.8) is 0 Å². The van der Waals surface area contributed by atoms with Gasteiger partial charge >= 0.3 is 0 Å². The van der Waals surface area contributed by atoms with Crippen LogP contribution in [0.1, 0.15) is 34.2 Å². The van der Waals surface area contributed by atoms with E-state index in [4.69, 9.17) is 0 Å². The van der Waals surface area contributed by atoms with Crippen LogP contribution in [0, 0.1) is 6.92 Å². The minimum Gasteiger partial charge on any atom is -0.374 e. The number of fused-ring (bicyclic) bond motifs is 4. The van der Waals surface area contributed by atoms with E-state index in [9.17, 15) is 0 Å². The van der Waals surface area contributed by atoms with Gasteiger partial charge in [-0.2, -0.15) is 0 Å². The summed E-state index contributed by atoms with van der Waals surface area (Å²) >= 11 is 0. The molecule has 2 nitrogen and oxygen atoms in total. The van der Waals surface area contributed by atoms with Crippen LogP contribution in [0.25, 0.3) is 5.57 Å². The van der Waals surface area contributed by atoms with Crippen LogP contribution in [0.15, 0.2) is 48.5 Å². The van der Waals surface area contributed by atoms with Crippen molar-refractivity contribution in [3.8, 4) is 0 Å². The van der Waals surface area contributed by atoms with Gasteiger partial charge in [-0.1, -0.05) is 37.4 Å². The van der Waals surface area contributed by atoms with Crippen molar-refractivity contribution in [2.45, 2.75) is 39.3 Å². The van der Waals surface area contributed by atoms with E-state index in [-0.39, 0.29) is 0 Å². The number of hydrogen-bond acceptors (Lipinski definition) is 1. The van der Waals surface area contributed by atoms with Crippen LogP contribution in [-0.2, 0) is 12.8 Å². The monoisotopic (exact) mass is 437 g/mol. The predicted octanol–water partition coefficient (Wildman–Crippen LogP) is 2.44. The van der Waals surface area contributed by atoms with Gasteiger partial charge in [0.2, 0.25) is 5.36 Å². The molecule has 0 bridgehead atoms. The van der Waals surface area contributed by atoms with Crippen molar-refractivity contribution in [2.24, 2.45) is 0 Å². The summed E-state index contributed by atoms with van der Waals surface area (Å²) in [5.41, 5.74) is 10.2. The lowest BCUT2D eigenvalue weighted by Gasteiger charge is -2.34. The van der Waals surface area contributed by atoms with E-state index in [0.29, 0.717) is 0 Å². The second-order valence-electron chi connectivity index (χ2n) is 10.6. The third kappa shape index (κ3) is 2.73. The van der Waals surface area contributed by atoms with Crippen LogP contribution in [-0.4, -0.2) is 35.3 Å². The van der Waals surface area contributed by atoms with Crippen molar-refractivity contribution in [1.29, 1.82) is 0 Å². The average Bonchev–Trinajstić information content (AvgIpc) is 3.14. The van der Waals surface area contributed by atoms with Crippen LogP contribution < -0.4 is 30.4 Å². The smallest absolute Gasteiger partial charge is 0.202 e. The van der Waals surface area contributed by atoms with E-state index in [1.165, 1.54) is 62.5 Å². The topological polar surface area (TPSA) is 6.25 Å². The van der Waals surface area contributed by atoms with E-state index < -0.39 is 8.07 Å². The van der Waals surface area contributed by atoms with E-state index >= 15 is 0 Å². The van der Waals surface area contributed by atoms with Gasteiger partial charge in [0.25, 0.3) is 0 Å². The van der Waals surface area contributed by atoms with Crippen molar-refractivity contribution < 1.29 is 0 Å². The Morgan fingerprint density at radius 1 is 0.906 bits per heavy atom. The molecule has 3 heteroatoms. The lowest BCUT2D eigenvalue weighted by molar-refractivity contribution is 0.588. The van der Waals surface area contributed by atoms with Gasteiger partial charge in [0.1, 0.15) is 21.7 Å². The standard InChI is InChI=1S/C29H33N2Si/c1-19-9-6-7-11-22(19)29-23-15-20-10-8-13-30(2)25(20)17-27(23)32(4,5)28-18-26-21(16-24(28)29)12-14-31(26)3/h6-7,9,11,15-18H,8,10,12-14H2,1-5H3/q+1. The Kier molecular flexibility index (Phi) is 4.32. The van der Waals surface area contributed by atoms with E-state index in [1.54, 1.807) is 10.4 Å². The molecule has 3 aliphatic rings. The second kappa shape index (κ2) is 6.92. The molecule has 0 spiro atoms. The van der Waals surface area contributed by atoms with Crippen LogP contribution >= 0.6 is 0 Å². The highest BCUT2D eigenvalue weighted by Gasteiger charge is 2.38. The maximum Gasteiger partial charge on any atom is 0.202 e. The van der Waals surface area contributed by atoms with Crippen molar-refractivity contribution in [1.82, 2.24) is 4.58 Å². The van der Waals surface area contributed by atoms with Crippen LogP contribution in [0.5, 0.6) is 0 Å². The van der Waals surface area contributed by atoms with Crippen molar-refractivity contribution >= 4 is 29.7 Å². The largest absolute Gasteiger partial charge is 0.374 e. The molecule has 0 aromatic heterocycles. The second-order valence-corrected chi connectivity index (χ2v) is 14.9. The highest BCUT2D eigenvalue weighted by Crippen LogP contribution is 2.33. The number of rotatable bonds is 1. The summed E-state index contributed by atoms with van der Waals surface area (Å²) in [4.78, 5) is 2.45. The quantitative estimate of drug-likeness (QED) is 0.419. The highest BCUT2D eigenvalue weighted by molar-refractivity contribution is 7.01. The molecular weight excluding hydrogens is 404 g/mol. The summed E-state index contributed by atoms with van der Waals surface area (Å²) in [5, 5.41) is 6.18. The normalized spacial score (nSPS) is 18.2. The minimum atomic E-state index is -1.86. The van der Waals surface area contributed by atoms with E-state index in [1.807, 2.05) is 0 Å². The maximum atomic E-state index is 2.58. The summed E-state index contributed by atoms with van der Waals surface area (Å²) in [7, 11) is 2.66. The molecule has 32 heavy (non-hydrogen) atoms. The van der Waals surface area contributed by atoms with Gasteiger partial charge < -0.3 is 4.90 Å². The number of anilines is 1.